The number of anilines is 1. The first-order chi connectivity index (χ1) is 15.3. The molecule has 1 aliphatic heterocycles. The standard InChI is InChI=1S/C24H23BrFN3O3/c1-13-6-7-15(10-19(13)26)12-29-20(30)11-18(24(32)28-27-23(31)16-8-9-16)21(25)17-5-3-4-14(2)22(17)29/h3-7,10,16H,8-9,11-12H2,1-2H3,(H,27,31)(H,28,32). The SMILES string of the molecule is Cc1ccc(CN2C(=O)CC(C(=O)NNC(=O)C3CC3)=C(Br)c3cccc(C)c32)cc1F. The van der Waals surface area contributed by atoms with Crippen molar-refractivity contribution in [2.75, 3.05) is 4.90 Å². The van der Waals surface area contributed by atoms with Crippen LogP contribution in [-0.2, 0) is 20.9 Å². The molecule has 0 radical (unpaired) electrons. The lowest BCUT2D eigenvalue weighted by Gasteiger charge is -2.25. The number of hydrazine groups is 1. The summed E-state index contributed by atoms with van der Waals surface area (Å²) in [6.45, 7) is 3.74. The highest BCUT2D eigenvalue weighted by atomic mass is 79.9. The van der Waals surface area contributed by atoms with Gasteiger partial charge in [0, 0.05) is 21.5 Å². The Morgan fingerprint density at radius 1 is 1.12 bits per heavy atom. The van der Waals surface area contributed by atoms with Gasteiger partial charge in [0.1, 0.15) is 5.82 Å². The van der Waals surface area contributed by atoms with Crippen LogP contribution in [0.25, 0.3) is 4.48 Å². The number of nitrogens with zero attached hydrogens (tertiary/aromatic N) is 1. The molecule has 3 amide bonds. The van der Waals surface area contributed by atoms with Gasteiger partial charge in [-0.3, -0.25) is 25.2 Å². The fourth-order valence-corrected chi connectivity index (χ4v) is 4.35. The van der Waals surface area contributed by atoms with Crippen LogP contribution in [0.1, 0.15) is 41.5 Å². The van der Waals surface area contributed by atoms with E-state index in [0.717, 1.165) is 18.4 Å². The van der Waals surface area contributed by atoms with Gasteiger partial charge >= 0.3 is 0 Å². The van der Waals surface area contributed by atoms with Gasteiger partial charge in [0.15, 0.2) is 0 Å². The Kier molecular flexibility index (Phi) is 6.15. The number of hydrogen-bond donors (Lipinski definition) is 2. The van der Waals surface area contributed by atoms with Crippen LogP contribution in [0.5, 0.6) is 0 Å². The average molecular weight is 500 g/mol. The number of nitrogens with one attached hydrogen (secondary N) is 2. The Balaban J connectivity index is 1.67. The van der Waals surface area contributed by atoms with E-state index in [4.69, 9.17) is 0 Å². The first-order valence-electron chi connectivity index (χ1n) is 10.4. The molecule has 2 aromatic rings. The van der Waals surface area contributed by atoms with Crippen LogP contribution in [0.4, 0.5) is 10.1 Å². The van der Waals surface area contributed by atoms with Gasteiger partial charge in [-0.05, 0) is 65.4 Å². The van der Waals surface area contributed by atoms with Crippen LogP contribution >= 0.6 is 15.9 Å². The second kappa shape index (κ2) is 8.86. The maximum Gasteiger partial charge on any atom is 0.267 e. The van der Waals surface area contributed by atoms with Crippen LogP contribution in [0.15, 0.2) is 42.0 Å². The zero-order valence-electron chi connectivity index (χ0n) is 17.8. The second-order valence-corrected chi connectivity index (χ2v) is 9.01. The zero-order chi connectivity index (χ0) is 23.0. The number of hydrogen-bond acceptors (Lipinski definition) is 3. The molecule has 0 saturated heterocycles. The lowest BCUT2D eigenvalue weighted by atomic mass is 10.0. The molecular weight excluding hydrogens is 477 g/mol. The van der Waals surface area contributed by atoms with Crippen LogP contribution in [-0.4, -0.2) is 17.7 Å². The molecule has 4 rings (SSSR count). The second-order valence-electron chi connectivity index (χ2n) is 8.22. The van der Waals surface area contributed by atoms with Gasteiger partial charge in [-0.1, -0.05) is 30.3 Å². The Morgan fingerprint density at radius 3 is 2.56 bits per heavy atom. The van der Waals surface area contributed by atoms with Gasteiger partial charge in [0.2, 0.25) is 11.8 Å². The van der Waals surface area contributed by atoms with E-state index in [9.17, 15) is 18.8 Å². The third-order valence-corrected chi connectivity index (χ3v) is 6.64. The monoisotopic (exact) mass is 499 g/mol. The molecular formula is C24H23BrFN3O3. The van der Waals surface area contributed by atoms with Crippen molar-refractivity contribution in [3.8, 4) is 0 Å². The highest BCUT2D eigenvalue weighted by Gasteiger charge is 2.33. The Labute approximate surface area is 194 Å². The lowest BCUT2D eigenvalue weighted by Crippen LogP contribution is -2.43. The molecule has 1 fully saturated rings. The molecule has 6 nitrogen and oxygen atoms in total. The third kappa shape index (κ3) is 4.46. The Morgan fingerprint density at radius 2 is 1.88 bits per heavy atom. The van der Waals surface area contributed by atoms with E-state index in [0.29, 0.717) is 26.9 Å². The highest BCUT2D eigenvalue weighted by molar-refractivity contribution is 9.15. The Bertz CT molecular complexity index is 1160. The van der Waals surface area contributed by atoms with Crippen LogP contribution < -0.4 is 15.8 Å². The molecule has 2 N–H and O–H groups in total. The van der Waals surface area contributed by atoms with Crippen molar-refractivity contribution >= 4 is 43.8 Å². The molecule has 0 spiro atoms. The summed E-state index contributed by atoms with van der Waals surface area (Å²) >= 11 is 3.52. The molecule has 2 aliphatic rings. The minimum absolute atomic E-state index is 0.0581. The summed E-state index contributed by atoms with van der Waals surface area (Å²) < 4.78 is 14.6. The fraction of sp³-hybridized carbons (Fsp3) is 0.292. The summed E-state index contributed by atoms with van der Waals surface area (Å²) in [7, 11) is 0. The molecule has 2 aromatic carbocycles. The van der Waals surface area contributed by atoms with E-state index in [1.54, 1.807) is 24.0 Å². The smallest absolute Gasteiger partial charge is 0.267 e. The topological polar surface area (TPSA) is 78.5 Å². The van der Waals surface area contributed by atoms with Crippen molar-refractivity contribution in [3.05, 3.63) is 70.0 Å². The third-order valence-electron chi connectivity index (χ3n) is 5.74. The predicted molar refractivity (Wildman–Crippen MR) is 123 cm³/mol. The number of fused-ring (bicyclic) bond motifs is 1. The van der Waals surface area contributed by atoms with Crippen molar-refractivity contribution in [2.45, 2.75) is 39.7 Å². The van der Waals surface area contributed by atoms with Crippen molar-refractivity contribution in [2.24, 2.45) is 5.92 Å². The van der Waals surface area contributed by atoms with Gasteiger partial charge in [-0.15, -0.1) is 0 Å². The number of benzene rings is 2. The van der Waals surface area contributed by atoms with Crippen molar-refractivity contribution < 1.29 is 18.8 Å². The zero-order valence-corrected chi connectivity index (χ0v) is 19.4. The molecule has 0 bridgehead atoms. The number of rotatable bonds is 4. The van der Waals surface area contributed by atoms with Gasteiger partial charge in [0.05, 0.1) is 18.7 Å². The number of carbonyl (C=O) groups excluding carboxylic acids is 3. The van der Waals surface area contributed by atoms with E-state index in [1.807, 2.05) is 25.1 Å². The molecule has 8 heteroatoms. The molecule has 1 saturated carbocycles. The Hall–Kier alpha value is -3.00. The minimum Gasteiger partial charge on any atom is -0.307 e. The van der Waals surface area contributed by atoms with Gasteiger partial charge in [-0.2, -0.15) is 0 Å². The fourth-order valence-electron chi connectivity index (χ4n) is 3.71. The normalized spacial score (nSPS) is 15.9. The van der Waals surface area contributed by atoms with E-state index in [2.05, 4.69) is 26.8 Å². The lowest BCUT2D eigenvalue weighted by molar-refractivity contribution is -0.128. The molecule has 0 aromatic heterocycles. The summed E-state index contributed by atoms with van der Waals surface area (Å²) in [5.74, 6) is -1.46. The van der Waals surface area contributed by atoms with Gasteiger partial charge in [0.25, 0.3) is 5.91 Å². The van der Waals surface area contributed by atoms with Gasteiger partial charge in [-0.25, -0.2) is 4.39 Å². The number of carbonyl (C=O) groups is 3. The number of aryl methyl sites for hydroxylation is 2. The maximum absolute atomic E-state index is 14.1. The quantitative estimate of drug-likeness (QED) is 0.623. The summed E-state index contributed by atoms with van der Waals surface area (Å²) in [6.07, 6.45) is 1.45. The molecule has 0 unspecified atom stereocenters. The van der Waals surface area contributed by atoms with E-state index >= 15 is 0 Å². The van der Waals surface area contributed by atoms with Crippen molar-refractivity contribution in [1.82, 2.24) is 10.9 Å². The average Bonchev–Trinajstić information content (AvgIpc) is 3.61. The maximum atomic E-state index is 14.1. The summed E-state index contributed by atoms with van der Waals surface area (Å²) in [5.41, 5.74) is 8.46. The first-order valence-corrected chi connectivity index (χ1v) is 11.2. The molecule has 1 aliphatic carbocycles. The molecule has 0 atom stereocenters. The van der Waals surface area contributed by atoms with Crippen molar-refractivity contribution in [1.29, 1.82) is 0 Å². The number of para-hydroxylation sites is 1. The van der Waals surface area contributed by atoms with Crippen LogP contribution in [0, 0.1) is 25.6 Å². The van der Waals surface area contributed by atoms with Crippen molar-refractivity contribution in [3.63, 3.8) is 0 Å². The summed E-state index contributed by atoms with van der Waals surface area (Å²) in [4.78, 5) is 39.7. The highest BCUT2D eigenvalue weighted by Crippen LogP contribution is 2.40. The van der Waals surface area contributed by atoms with Crippen LogP contribution in [0.3, 0.4) is 0 Å². The first kappa shape index (κ1) is 22.2. The molecule has 1 heterocycles. The number of amides is 3. The van der Waals surface area contributed by atoms with E-state index in [1.165, 1.54) is 6.07 Å². The minimum atomic E-state index is -0.546. The predicted octanol–water partition coefficient (Wildman–Crippen LogP) is 4.04. The van der Waals surface area contributed by atoms with Gasteiger partial charge < -0.3 is 4.90 Å². The summed E-state index contributed by atoms with van der Waals surface area (Å²) in [6, 6.07) is 10.5. The largest absolute Gasteiger partial charge is 0.307 e. The molecule has 32 heavy (non-hydrogen) atoms. The van der Waals surface area contributed by atoms with E-state index < -0.39 is 5.91 Å². The van der Waals surface area contributed by atoms with Crippen LogP contribution in [0.2, 0.25) is 0 Å². The number of halogens is 2. The van der Waals surface area contributed by atoms with E-state index in [-0.39, 0.29) is 42.1 Å². The summed E-state index contributed by atoms with van der Waals surface area (Å²) in [5, 5.41) is 0. The molecule has 166 valence electrons.